The van der Waals surface area contributed by atoms with Crippen LogP contribution >= 0.6 is 0 Å². The molecule has 2 nitrogen and oxygen atoms in total. The largest absolute Gasteiger partial charge is 0.390 e. The maximum Gasteiger partial charge on any atom is 0.0883 e. The van der Waals surface area contributed by atoms with Crippen molar-refractivity contribution in [1.82, 2.24) is 0 Å². The molecule has 0 unspecified atom stereocenters. The Labute approximate surface area is 135 Å². The van der Waals surface area contributed by atoms with E-state index < -0.39 is 11.2 Å². The Hall–Kier alpha value is -0.340. The summed E-state index contributed by atoms with van der Waals surface area (Å²) in [5.74, 6) is 1.97. The molecular weight excluding hydrogens is 272 g/mol. The quantitative estimate of drug-likeness (QED) is 0.663. The fraction of sp³-hybridized carbons (Fsp3) is 0.900. The first-order valence-corrected chi connectivity index (χ1v) is 9.36. The maximum atomic E-state index is 11.3. The van der Waals surface area contributed by atoms with E-state index in [4.69, 9.17) is 0 Å². The zero-order chi connectivity index (χ0) is 15.8. The van der Waals surface area contributed by atoms with Crippen molar-refractivity contribution in [3.8, 4) is 0 Å². The van der Waals surface area contributed by atoms with Gasteiger partial charge in [0.1, 0.15) is 0 Å². The molecule has 0 aliphatic heterocycles. The molecule has 0 aromatic heterocycles. The van der Waals surface area contributed by atoms with Crippen molar-refractivity contribution >= 4 is 0 Å². The minimum absolute atomic E-state index is 0.0421. The van der Waals surface area contributed by atoms with Gasteiger partial charge in [0.2, 0.25) is 0 Å². The van der Waals surface area contributed by atoms with E-state index in [1.54, 1.807) is 0 Å². The monoisotopic (exact) mass is 304 g/mol. The van der Waals surface area contributed by atoms with Crippen molar-refractivity contribution in [3.63, 3.8) is 0 Å². The van der Waals surface area contributed by atoms with E-state index in [9.17, 15) is 10.2 Å². The average Bonchev–Trinajstić information content (AvgIpc) is 2.70. The Balaban J connectivity index is 1.71. The van der Waals surface area contributed by atoms with Crippen molar-refractivity contribution < 1.29 is 10.2 Å². The SMILES string of the molecule is C[C@]12CC[C@H]3[C@@H](CC[C@]4(O)C=CCC[C@]34C)[C@@H]1CC[C@@]2(C)O. The summed E-state index contributed by atoms with van der Waals surface area (Å²) in [7, 11) is 0. The smallest absolute Gasteiger partial charge is 0.0883 e. The first kappa shape index (κ1) is 15.2. The van der Waals surface area contributed by atoms with Crippen LogP contribution in [0.2, 0.25) is 0 Å². The van der Waals surface area contributed by atoms with Gasteiger partial charge in [-0.1, -0.05) is 26.0 Å². The van der Waals surface area contributed by atoms with Crippen LogP contribution in [-0.4, -0.2) is 21.4 Å². The fourth-order valence-corrected chi connectivity index (χ4v) is 7.05. The second kappa shape index (κ2) is 4.39. The lowest BCUT2D eigenvalue weighted by Crippen LogP contribution is -2.61. The summed E-state index contributed by atoms with van der Waals surface area (Å²) < 4.78 is 0. The summed E-state index contributed by atoms with van der Waals surface area (Å²) in [5.41, 5.74) is -0.948. The lowest BCUT2D eigenvalue weighted by Gasteiger charge is -2.62. The molecule has 0 saturated heterocycles. The lowest BCUT2D eigenvalue weighted by molar-refractivity contribution is -0.183. The highest BCUT2D eigenvalue weighted by Gasteiger charge is 2.65. The third-order valence-electron chi connectivity index (χ3n) is 8.89. The molecule has 2 heteroatoms. The molecule has 124 valence electrons. The fourth-order valence-electron chi connectivity index (χ4n) is 7.05. The van der Waals surface area contributed by atoms with Crippen molar-refractivity contribution in [2.45, 2.75) is 83.3 Å². The Morgan fingerprint density at radius 3 is 2.27 bits per heavy atom. The van der Waals surface area contributed by atoms with Crippen molar-refractivity contribution in [2.75, 3.05) is 0 Å². The zero-order valence-corrected chi connectivity index (χ0v) is 14.4. The molecule has 0 bridgehead atoms. The van der Waals surface area contributed by atoms with Gasteiger partial charge in [0.25, 0.3) is 0 Å². The lowest BCUT2D eigenvalue weighted by atomic mass is 9.44. The summed E-state index contributed by atoms with van der Waals surface area (Å²) in [6, 6.07) is 0. The molecule has 0 aromatic rings. The molecule has 7 atom stereocenters. The third kappa shape index (κ3) is 1.64. The molecule has 0 aromatic carbocycles. The van der Waals surface area contributed by atoms with Crippen molar-refractivity contribution in [2.24, 2.45) is 28.6 Å². The van der Waals surface area contributed by atoms with Crippen LogP contribution in [0.5, 0.6) is 0 Å². The van der Waals surface area contributed by atoms with Crippen molar-refractivity contribution in [3.05, 3.63) is 12.2 Å². The molecule has 0 amide bonds. The maximum absolute atomic E-state index is 11.3. The van der Waals surface area contributed by atoms with E-state index in [2.05, 4.69) is 32.9 Å². The van der Waals surface area contributed by atoms with Gasteiger partial charge in [0.05, 0.1) is 11.2 Å². The molecule has 4 rings (SSSR count). The molecule has 0 spiro atoms. The molecule has 3 fully saturated rings. The molecule has 22 heavy (non-hydrogen) atoms. The van der Waals surface area contributed by atoms with Gasteiger partial charge in [-0.15, -0.1) is 0 Å². The molecular formula is C20H32O2. The van der Waals surface area contributed by atoms with Crippen LogP contribution in [0.1, 0.15) is 72.1 Å². The van der Waals surface area contributed by atoms with Gasteiger partial charge in [0, 0.05) is 5.41 Å². The van der Waals surface area contributed by atoms with E-state index in [-0.39, 0.29) is 10.8 Å². The minimum Gasteiger partial charge on any atom is -0.390 e. The molecule has 0 heterocycles. The second-order valence-corrected chi connectivity index (χ2v) is 9.47. The van der Waals surface area contributed by atoms with Gasteiger partial charge >= 0.3 is 0 Å². The minimum atomic E-state index is -0.582. The van der Waals surface area contributed by atoms with Gasteiger partial charge in [-0.05, 0) is 81.5 Å². The van der Waals surface area contributed by atoms with E-state index in [0.717, 1.165) is 38.5 Å². The standard InChI is InChI=1S/C20H32O2/c1-17-11-7-16-14(15(17)8-12-19(17,3)21)6-13-20(22)10-5-4-9-18(16,20)2/h5,10,14-16,21-22H,4,6-9,11-13H2,1-3H3/t14-,15-,16-,17-,18+,19+,20+/m0/s1. The van der Waals surface area contributed by atoms with Crippen LogP contribution in [0.25, 0.3) is 0 Å². The number of aliphatic hydroxyl groups is 2. The van der Waals surface area contributed by atoms with Gasteiger partial charge < -0.3 is 10.2 Å². The van der Waals surface area contributed by atoms with E-state index in [0.29, 0.717) is 17.8 Å². The van der Waals surface area contributed by atoms with Crippen LogP contribution in [0.3, 0.4) is 0 Å². The molecule has 0 radical (unpaired) electrons. The molecule has 4 aliphatic rings. The number of allylic oxidation sites excluding steroid dienone is 1. The first-order valence-electron chi connectivity index (χ1n) is 9.36. The Bertz CT molecular complexity index is 510. The van der Waals surface area contributed by atoms with E-state index in [1.807, 2.05) is 0 Å². The number of rotatable bonds is 0. The number of fused-ring (bicyclic) bond motifs is 5. The zero-order valence-electron chi connectivity index (χ0n) is 14.4. The highest BCUT2D eigenvalue weighted by molar-refractivity contribution is 5.21. The van der Waals surface area contributed by atoms with Gasteiger partial charge in [-0.3, -0.25) is 0 Å². The van der Waals surface area contributed by atoms with Crippen molar-refractivity contribution in [1.29, 1.82) is 0 Å². The molecule has 3 saturated carbocycles. The topological polar surface area (TPSA) is 40.5 Å². The summed E-state index contributed by atoms with van der Waals surface area (Å²) in [6.07, 6.45) is 13.0. The van der Waals surface area contributed by atoms with Crippen LogP contribution in [0.4, 0.5) is 0 Å². The van der Waals surface area contributed by atoms with Gasteiger partial charge in [-0.2, -0.15) is 0 Å². The number of hydrogen-bond acceptors (Lipinski definition) is 2. The molecule has 2 N–H and O–H groups in total. The molecule has 4 aliphatic carbocycles. The van der Waals surface area contributed by atoms with Crippen LogP contribution < -0.4 is 0 Å². The Kier molecular flexibility index (Phi) is 3.03. The summed E-state index contributed by atoms with van der Waals surface area (Å²) in [5, 5.41) is 22.2. The Morgan fingerprint density at radius 1 is 0.818 bits per heavy atom. The summed E-state index contributed by atoms with van der Waals surface area (Å²) >= 11 is 0. The van der Waals surface area contributed by atoms with E-state index in [1.165, 1.54) is 12.8 Å². The second-order valence-electron chi connectivity index (χ2n) is 9.47. The van der Waals surface area contributed by atoms with Crippen LogP contribution in [-0.2, 0) is 0 Å². The van der Waals surface area contributed by atoms with Crippen LogP contribution in [0.15, 0.2) is 12.2 Å². The average molecular weight is 304 g/mol. The Morgan fingerprint density at radius 2 is 1.50 bits per heavy atom. The van der Waals surface area contributed by atoms with Gasteiger partial charge in [0.15, 0.2) is 0 Å². The third-order valence-corrected chi connectivity index (χ3v) is 8.89. The highest BCUT2D eigenvalue weighted by atomic mass is 16.3. The van der Waals surface area contributed by atoms with Gasteiger partial charge in [-0.25, -0.2) is 0 Å². The van der Waals surface area contributed by atoms with Crippen LogP contribution in [0, 0.1) is 28.6 Å². The highest BCUT2D eigenvalue weighted by Crippen LogP contribution is 2.68. The summed E-state index contributed by atoms with van der Waals surface area (Å²) in [4.78, 5) is 0. The normalized spacial score (nSPS) is 60.5. The first-order chi connectivity index (χ1) is 10.2. The number of hydrogen-bond donors (Lipinski definition) is 2. The van der Waals surface area contributed by atoms with E-state index >= 15 is 0 Å². The predicted octanol–water partition coefficient (Wildman–Crippen LogP) is 4.06. The summed E-state index contributed by atoms with van der Waals surface area (Å²) in [6.45, 7) is 6.76. The predicted molar refractivity (Wildman–Crippen MR) is 88.3 cm³/mol.